The predicted octanol–water partition coefficient (Wildman–Crippen LogP) is 2.00. The number of rotatable bonds is 7. The molecule has 22 heavy (non-hydrogen) atoms. The van der Waals surface area contributed by atoms with Crippen LogP contribution < -0.4 is 5.73 Å². The van der Waals surface area contributed by atoms with E-state index >= 15 is 0 Å². The number of benzene rings is 1. The van der Waals surface area contributed by atoms with E-state index < -0.39 is 10.0 Å². The van der Waals surface area contributed by atoms with Gasteiger partial charge in [0.05, 0.1) is 11.9 Å². The Balaban J connectivity index is 1.88. The fourth-order valence-corrected chi connectivity index (χ4v) is 4.39. The van der Waals surface area contributed by atoms with Crippen LogP contribution in [0.1, 0.15) is 24.8 Å². The van der Waals surface area contributed by atoms with Crippen molar-refractivity contribution in [3.8, 4) is 0 Å². The quantitative estimate of drug-likeness (QED) is 0.766. The maximum Gasteiger partial charge on any atom is 0.218 e. The van der Waals surface area contributed by atoms with Crippen LogP contribution in [-0.2, 0) is 20.5 Å². The van der Waals surface area contributed by atoms with Gasteiger partial charge in [-0.15, -0.1) is 0 Å². The van der Waals surface area contributed by atoms with Gasteiger partial charge in [-0.1, -0.05) is 29.8 Å². The summed E-state index contributed by atoms with van der Waals surface area (Å²) in [4.78, 5) is 0. The molecule has 1 fully saturated rings. The van der Waals surface area contributed by atoms with E-state index in [2.05, 4.69) is 0 Å². The lowest BCUT2D eigenvalue weighted by Crippen LogP contribution is -2.41. The van der Waals surface area contributed by atoms with Crippen LogP contribution in [0.3, 0.4) is 0 Å². The first-order valence-electron chi connectivity index (χ1n) is 7.56. The molecule has 0 bridgehead atoms. The zero-order valence-corrected chi connectivity index (χ0v) is 14.2. The monoisotopic (exact) mass is 346 g/mol. The Morgan fingerprint density at radius 2 is 1.95 bits per heavy atom. The van der Waals surface area contributed by atoms with Gasteiger partial charge in [-0.2, -0.15) is 0 Å². The summed E-state index contributed by atoms with van der Waals surface area (Å²) in [6.07, 6.45) is 2.43. The van der Waals surface area contributed by atoms with Crippen LogP contribution in [-0.4, -0.2) is 45.1 Å². The highest BCUT2D eigenvalue weighted by molar-refractivity contribution is 7.88. The lowest BCUT2D eigenvalue weighted by atomic mass is 10.1. The summed E-state index contributed by atoms with van der Waals surface area (Å²) in [6.45, 7) is 2.26. The van der Waals surface area contributed by atoms with Gasteiger partial charge < -0.3 is 10.5 Å². The zero-order valence-electron chi connectivity index (χ0n) is 12.6. The Morgan fingerprint density at radius 1 is 1.27 bits per heavy atom. The van der Waals surface area contributed by atoms with Gasteiger partial charge in [0.15, 0.2) is 0 Å². The number of hydrogen-bond donors (Lipinski definition) is 1. The van der Waals surface area contributed by atoms with E-state index in [0.717, 1.165) is 19.3 Å². The van der Waals surface area contributed by atoms with Crippen LogP contribution in [0.4, 0.5) is 0 Å². The molecule has 1 heterocycles. The first kappa shape index (κ1) is 17.7. The molecule has 0 radical (unpaired) electrons. The van der Waals surface area contributed by atoms with E-state index in [4.69, 9.17) is 22.1 Å². The number of nitrogens with zero attached hydrogens (tertiary/aromatic N) is 1. The summed E-state index contributed by atoms with van der Waals surface area (Å²) in [5, 5.41) is 0.492. The van der Waals surface area contributed by atoms with Crippen molar-refractivity contribution in [2.45, 2.75) is 31.1 Å². The third-order valence-electron chi connectivity index (χ3n) is 3.79. The van der Waals surface area contributed by atoms with Gasteiger partial charge in [0.1, 0.15) is 0 Å². The molecule has 2 rings (SSSR count). The summed E-state index contributed by atoms with van der Waals surface area (Å²) >= 11 is 6.05. The van der Waals surface area contributed by atoms with Gasteiger partial charge >= 0.3 is 0 Å². The Bertz CT molecular complexity index is 572. The van der Waals surface area contributed by atoms with E-state index in [9.17, 15) is 8.42 Å². The minimum atomic E-state index is -3.33. The highest BCUT2D eigenvalue weighted by atomic mass is 35.5. The second-order valence-corrected chi connectivity index (χ2v) is 7.84. The van der Waals surface area contributed by atoms with E-state index in [1.807, 2.05) is 0 Å². The van der Waals surface area contributed by atoms with Gasteiger partial charge in [-0.05, 0) is 37.4 Å². The zero-order chi connectivity index (χ0) is 16.0. The molecule has 0 unspecified atom stereocenters. The van der Waals surface area contributed by atoms with Crippen molar-refractivity contribution in [1.29, 1.82) is 0 Å². The highest BCUT2D eigenvalue weighted by Gasteiger charge is 2.28. The summed E-state index contributed by atoms with van der Waals surface area (Å²) in [5.74, 6) is -0.0502. The molecule has 1 saturated heterocycles. The molecule has 7 heteroatoms. The van der Waals surface area contributed by atoms with Crippen LogP contribution in [0, 0.1) is 0 Å². The van der Waals surface area contributed by atoms with E-state index in [0.29, 0.717) is 36.8 Å². The first-order valence-corrected chi connectivity index (χ1v) is 9.54. The number of hydrogen-bond acceptors (Lipinski definition) is 4. The summed E-state index contributed by atoms with van der Waals surface area (Å²) < 4.78 is 32.2. The normalized spacial score (nSPS) is 17.7. The molecule has 0 aromatic heterocycles. The van der Waals surface area contributed by atoms with Crippen molar-refractivity contribution in [3.63, 3.8) is 0 Å². The molecule has 0 amide bonds. The molecule has 0 aliphatic carbocycles. The van der Waals surface area contributed by atoms with Crippen molar-refractivity contribution >= 4 is 21.6 Å². The molecular weight excluding hydrogens is 324 g/mol. The van der Waals surface area contributed by atoms with Gasteiger partial charge in [-0.3, -0.25) is 0 Å². The molecule has 1 aromatic carbocycles. The maximum atomic E-state index is 12.5. The molecule has 0 atom stereocenters. The molecule has 1 aliphatic heterocycles. The largest absolute Gasteiger partial charge is 0.378 e. The molecule has 1 aromatic rings. The van der Waals surface area contributed by atoms with Crippen molar-refractivity contribution < 1.29 is 13.2 Å². The fourth-order valence-electron chi connectivity index (χ4n) is 2.51. The Kier molecular flexibility index (Phi) is 6.65. The van der Waals surface area contributed by atoms with Crippen LogP contribution in [0.2, 0.25) is 5.02 Å². The molecule has 0 spiro atoms. The lowest BCUT2D eigenvalue weighted by Gasteiger charge is -2.31. The van der Waals surface area contributed by atoms with Crippen molar-refractivity contribution in [2.24, 2.45) is 5.73 Å². The number of nitrogens with two attached hydrogens (primary N) is 1. The molecular formula is C15H23ClN2O3S. The van der Waals surface area contributed by atoms with Crippen LogP contribution in [0.15, 0.2) is 24.3 Å². The van der Waals surface area contributed by atoms with Gasteiger partial charge in [0, 0.05) is 24.7 Å². The lowest BCUT2D eigenvalue weighted by molar-refractivity contribution is 0.0208. The third-order valence-corrected chi connectivity index (χ3v) is 5.99. The highest BCUT2D eigenvalue weighted by Crippen LogP contribution is 2.22. The number of ether oxygens (including phenoxy) is 1. The maximum absolute atomic E-state index is 12.5. The van der Waals surface area contributed by atoms with E-state index in [-0.39, 0.29) is 11.9 Å². The van der Waals surface area contributed by atoms with Gasteiger partial charge in [0.25, 0.3) is 0 Å². The average Bonchev–Trinajstić information content (AvgIpc) is 2.50. The minimum Gasteiger partial charge on any atom is -0.378 e. The fraction of sp³-hybridized carbons (Fsp3) is 0.600. The Labute approximate surface area is 137 Å². The summed E-state index contributed by atoms with van der Waals surface area (Å²) in [6, 6.07) is 7.06. The SMILES string of the molecule is NCCCOC1CCN(S(=O)(=O)Cc2ccccc2Cl)CC1. The van der Waals surface area contributed by atoms with Gasteiger partial charge in [0.2, 0.25) is 10.0 Å². The van der Waals surface area contributed by atoms with Crippen molar-refractivity contribution in [3.05, 3.63) is 34.9 Å². The second-order valence-electron chi connectivity index (χ2n) is 5.46. The third kappa shape index (κ3) is 4.93. The smallest absolute Gasteiger partial charge is 0.218 e. The van der Waals surface area contributed by atoms with Crippen molar-refractivity contribution in [1.82, 2.24) is 4.31 Å². The van der Waals surface area contributed by atoms with E-state index in [1.54, 1.807) is 28.6 Å². The topological polar surface area (TPSA) is 72.6 Å². The van der Waals surface area contributed by atoms with Crippen molar-refractivity contribution in [2.75, 3.05) is 26.2 Å². The van der Waals surface area contributed by atoms with Crippen LogP contribution >= 0.6 is 11.6 Å². The van der Waals surface area contributed by atoms with Crippen LogP contribution in [0.25, 0.3) is 0 Å². The molecule has 2 N–H and O–H groups in total. The molecule has 124 valence electrons. The Morgan fingerprint density at radius 3 is 2.59 bits per heavy atom. The number of halogens is 1. The Hall–Kier alpha value is -0.660. The average molecular weight is 347 g/mol. The first-order chi connectivity index (χ1) is 10.5. The van der Waals surface area contributed by atoms with Crippen LogP contribution in [0.5, 0.6) is 0 Å². The minimum absolute atomic E-state index is 0.0502. The predicted molar refractivity (Wildman–Crippen MR) is 88.3 cm³/mol. The number of piperidine rings is 1. The van der Waals surface area contributed by atoms with Gasteiger partial charge in [-0.25, -0.2) is 12.7 Å². The molecule has 0 saturated carbocycles. The standard InChI is InChI=1S/C15H23ClN2O3S/c16-15-5-2-1-4-13(15)12-22(19,20)18-9-6-14(7-10-18)21-11-3-8-17/h1-2,4-5,14H,3,6-12,17H2. The summed E-state index contributed by atoms with van der Waals surface area (Å²) in [7, 11) is -3.33. The number of sulfonamides is 1. The second kappa shape index (κ2) is 8.26. The van der Waals surface area contributed by atoms with E-state index in [1.165, 1.54) is 0 Å². The molecule has 1 aliphatic rings. The molecule has 5 nitrogen and oxygen atoms in total. The summed E-state index contributed by atoms with van der Waals surface area (Å²) in [5.41, 5.74) is 6.07.